The van der Waals surface area contributed by atoms with Crippen molar-refractivity contribution in [2.75, 3.05) is 6.54 Å². The number of carbonyl (C=O) groups is 2. The lowest BCUT2D eigenvalue weighted by atomic mass is 9.76. The summed E-state index contributed by atoms with van der Waals surface area (Å²) in [6.07, 6.45) is 0.293. The molecule has 21 heavy (non-hydrogen) atoms. The summed E-state index contributed by atoms with van der Waals surface area (Å²) in [5, 5.41) is 11.9. The lowest BCUT2D eigenvalue weighted by Gasteiger charge is -2.28. The summed E-state index contributed by atoms with van der Waals surface area (Å²) < 4.78 is 13.4. The summed E-state index contributed by atoms with van der Waals surface area (Å²) >= 11 is 0. The van der Waals surface area contributed by atoms with Crippen molar-refractivity contribution in [3.8, 4) is 0 Å². The molecule has 0 fully saturated rings. The number of aliphatic carboxylic acids is 1. The minimum atomic E-state index is -1.10. The first-order chi connectivity index (χ1) is 9.77. The predicted octanol–water partition coefficient (Wildman–Crippen LogP) is 2.62. The van der Waals surface area contributed by atoms with Crippen molar-refractivity contribution in [2.45, 2.75) is 33.6 Å². The Morgan fingerprint density at radius 1 is 1.33 bits per heavy atom. The molecule has 0 aliphatic carbocycles. The second-order valence-corrected chi connectivity index (χ2v) is 5.75. The molecule has 0 spiro atoms. The van der Waals surface area contributed by atoms with Gasteiger partial charge in [-0.15, -0.1) is 0 Å². The molecular weight excluding hydrogens is 273 g/mol. The molecule has 1 rings (SSSR count). The summed E-state index contributed by atoms with van der Waals surface area (Å²) in [7, 11) is 0. The van der Waals surface area contributed by atoms with Gasteiger partial charge in [-0.3, -0.25) is 9.59 Å². The van der Waals surface area contributed by atoms with Crippen LogP contribution in [0.25, 0.3) is 0 Å². The van der Waals surface area contributed by atoms with Crippen LogP contribution in [0.15, 0.2) is 24.3 Å². The molecular formula is C16H22FNO3. The van der Waals surface area contributed by atoms with Crippen LogP contribution >= 0.6 is 0 Å². The molecule has 116 valence electrons. The Balaban J connectivity index is 2.51. The van der Waals surface area contributed by atoms with Gasteiger partial charge in [0.1, 0.15) is 5.82 Å². The monoisotopic (exact) mass is 295 g/mol. The van der Waals surface area contributed by atoms with Gasteiger partial charge in [0.05, 0.1) is 5.41 Å². The van der Waals surface area contributed by atoms with Crippen LogP contribution in [0.3, 0.4) is 0 Å². The summed E-state index contributed by atoms with van der Waals surface area (Å²) in [5.74, 6) is -1.77. The van der Waals surface area contributed by atoms with Crippen LogP contribution < -0.4 is 5.32 Å². The Hall–Kier alpha value is -1.91. The molecule has 0 radical (unpaired) electrons. The van der Waals surface area contributed by atoms with Gasteiger partial charge in [-0.25, -0.2) is 4.39 Å². The van der Waals surface area contributed by atoms with E-state index in [2.05, 4.69) is 5.32 Å². The molecule has 4 nitrogen and oxygen atoms in total. The SMILES string of the molecule is CC(C)C(C)(CC(=O)NCCc1ccccc1F)C(=O)O. The van der Waals surface area contributed by atoms with Crippen molar-refractivity contribution in [3.63, 3.8) is 0 Å². The Bertz CT molecular complexity index is 516. The van der Waals surface area contributed by atoms with Gasteiger partial charge >= 0.3 is 5.97 Å². The Morgan fingerprint density at radius 2 is 1.95 bits per heavy atom. The minimum absolute atomic E-state index is 0.0860. The highest BCUT2D eigenvalue weighted by Gasteiger charge is 2.38. The number of amides is 1. The zero-order chi connectivity index (χ0) is 16.0. The van der Waals surface area contributed by atoms with Crippen LogP contribution in [0.5, 0.6) is 0 Å². The van der Waals surface area contributed by atoms with E-state index < -0.39 is 11.4 Å². The number of carbonyl (C=O) groups excluding carboxylic acids is 1. The van der Waals surface area contributed by atoms with E-state index in [4.69, 9.17) is 0 Å². The van der Waals surface area contributed by atoms with E-state index in [1.54, 1.807) is 39.0 Å². The van der Waals surface area contributed by atoms with Crippen molar-refractivity contribution in [2.24, 2.45) is 11.3 Å². The molecule has 0 bridgehead atoms. The molecule has 1 amide bonds. The zero-order valence-corrected chi connectivity index (χ0v) is 12.6. The van der Waals surface area contributed by atoms with E-state index in [0.29, 0.717) is 12.0 Å². The highest BCUT2D eigenvalue weighted by atomic mass is 19.1. The van der Waals surface area contributed by atoms with Gasteiger partial charge in [0.25, 0.3) is 0 Å². The van der Waals surface area contributed by atoms with Gasteiger partial charge in [0.2, 0.25) is 5.91 Å². The number of halogens is 1. The Kier molecular flexibility index (Phi) is 5.88. The number of hydrogen-bond donors (Lipinski definition) is 2. The molecule has 2 N–H and O–H groups in total. The molecule has 1 aromatic carbocycles. The lowest BCUT2D eigenvalue weighted by molar-refractivity contribution is -0.153. The van der Waals surface area contributed by atoms with Gasteiger partial charge < -0.3 is 10.4 Å². The number of carboxylic acids is 1. The van der Waals surface area contributed by atoms with Crippen LogP contribution in [0.1, 0.15) is 32.8 Å². The van der Waals surface area contributed by atoms with Crippen LogP contribution in [-0.2, 0) is 16.0 Å². The zero-order valence-electron chi connectivity index (χ0n) is 12.6. The summed E-state index contributed by atoms with van der Waals surface area (Å²) in [6, 6.07) is 6.38. The third-order valence-corrected chi connectivity index (χ3v) is 3.96. The van der Waals surface area contributed by atoms with E-state index in [1.807, 2.05) is 0 Å². The quantitative estimate of drug-likeness (QED) is 0.812. The fraction of sp³-hybridized carbons (Fsp3) is 0.500. The topological polar surface area (TPSA) is 66.4 Å². The maximum Gasteiger partial charge on any atom is 0.310 e. The summed E-state index contributed by atoms with van der Waals surface area (Å²) in [5.41, 5.74) is -0.565. The molecule has 0 saturated carbocycles. The van der Waals surface area contributed by atoms with Crippen molar-refractivity contribution in [1.82, 2.24) is 5.32 Å². The fourth-order valence-corrected chi connectivity index (χ4v) is 1.96. The number of hydrogen-bond acceptors (Lipinski definition) is 2. The van der Waals surface area contributed by atoms with Gasteiger partial charge in [0, 0.05) is 13.0 Å². The smallest absolute Gasteiger partial charge is 0.310 e. The van der Waals surface area contributed by atoms with Crippen molar-refractivity contribution < 1.29 is 19.1 Å². The van der Waals surface area contributed by atoms with Gasteiger partial charge in [-0.2, -0.15) is 0 Å². The van der Waals surface area contributed by atoms with E-state index >= 15 is 0 Å². The van der Waals surface area contributed by atoms with Crippen molar-refractivity contribution in [1.29, 1.82) is 0 Å². The molecule has 5 heteroatoms. The first-order valence-corrected chi connectivity index (χ1v) is 7.01. The van der Waals surface area contributed by atoms with Crippen LogP contribution in [0.2, 0.25) is 0 Å². The van der Waals surface area contributed by atoms with E-state index in [9.17, 15) is 19.1 Å². The molecule has 0 aliphatic heterocycles. The van der Waals surface area contributed by atoms with Gasteiger partial charge in [0.15, 0.2) is 0 Å². The minimum Gasteiger partial charge on any atom is -0.481 e. The average molecular weight is 295 g/mol. The molecule has 0 aromatic heterocycles. The molecule has 0 saturated heterocycles. The Morgan fingerprint density at radius 3 is 2.48 bits per heavy atom. The second kappa shape index (κ2) is 7.20. The van der Waals surface area contributed by atoms with E-state index in [-0.39, 0.29) is 30.6 Å². The third kappa shape index (κ3) is 4.55. The second-order valence-electron chi connectivity index (χ2n) is 5.75. The molecule has 0 heterocycles. The van der Waals surface area contributed by atoms with Crippen LogP contribution in [-0.4, -0.2) is 23.5 Å². The normalized spacial score (nSPS) is 13.8. The Labute approximate surface area is 124 Å². The standard InChI is InChI=1S/C16H22FNO3/c1-11(2)16(3,15(20)21)10-14(19)18-9-8-12-6-4-5-7-13(12)17/h4-7,11H,8-10H2,1-3H3,(H,18,19)(H,20,21). The van der Waals surface area contributed by atoms with E-state index in [1.165, 1.54) is 6.07 Å². The molecule has 0 aliphatic rings. The maximum absolute atomic E-state index is 13.4. The average Bonchev–Trinajstić information content (AvgIpc) is 2.40. The fourth-order valence-electron chi connectivity index (χ4n) is 1.96. The highest BCUT2D eigenvalue weighted by molar-refractivity contribution is 5.84. The number of rotatable bonds is 7. The third-order valence-electron chi connectivity index (χ3n) is 3.96. The van der Waals surface area contributed by atoms with E-state index in [0.717, 1.165) is 0 Å². The van der Waals surface area contributed by atoms with Gasteiger partial charge in [-0.05, 0) is 30.9 Å². The van der Waals surface area contributed by atoms with Gasteiger partial charge in [-0.1, -0.05) is 32.0 Å². The highest BCUT2D eigenvalue weighted by Crippen LogP contribution is 2.31. The first kappa shape index (κ1) is 17.1. The largest absolute Gasteiger partial charge is 0.481 e. The molecule has 1 aromatic rings. The first-order valence-electron chi connectivity index (χ1n) is 7.01. The summed E-state index contributed by atoms with van der Waals surface area (Å²) in [4.78, 5) is 23.2. The molecule has 1 atom stereocenters. The van der Waals surface area contributed by atoms with Crippen LogP contribution in [0, 0.1) is 17.2 Å². The molecule has 1 unspecified atom stereocenters. The number of benzene rings is 1. The van der Waals surface area contributed by atoms with Crippen molar-refractivity contribution in [3.05, 3.63) is 35.6 Å². The number of carboxylic acid groups (broad SMARTS) is 1. The lowest BCUT2D eigenvalue weighted by Crippen LogP contribution is -2.39. The maximum atomic E-state index is 13.4. The number of nitrogens with one attached hydrogen (secondary N) is 1. The summed E-state index contributed by atoms with van der Waals surface area (Å²) in [6.45, 7) is 5.41. The predicted molar refractivity (Wildman–Crippen MR) is 78.3 cm³/mol. The van der Waals surface area contributed by atoms with Crippen LogP contribution in [0.4, 0.5) is 4.39 Å². The van der Waals surface area contributed by atoms with Crippen molar-refractivity contribution >= 4 is 11.9 Å².